The first-order chi connectivity index (χ1) is 9.36. The molecule has 1 aromatic carbocycles. The van der Waals surface area contributed by atoms with Crippen molar-refractivity contribution in [2.24, 2.45) is 0 Å². The second-order valence-corrected chi connectivity index (χ2v) is 4.36. The first kappa shape index (κ1) is 11.6. The lowest BCUT2D eigenvalue weighted by Crippen LogP contribution is -2.03. The Morgan fingerprint density at radius 1 is 1.16 bits per heavy atom. The zero-order chi connectivity index (χ0) is 13.1. The molecule has 19 heavy (non-hydrogen) atoms. The molecule has 3 aromatic rings. The van der Waals surface area contributed by atoms with E-state index in [1.807, 2.05) is 10.6 Å². The monoisotopic (exact) mass is 253 g/mol. The lowest BCUT2D eigenvalue weighted by Gasteiger charge is -2.06. The Bertz CT molecular complexity index is 672. The third-order valence-corrected chi connectivity index (χ3v) is 3.11. The summed E-state index contributed by atoms with van der Waals surface area (Å²) in [4.78, 5) is 4.29. The van der Waals surface area contributed by atoms with Crippen molar-refractivity contribution in [1.29, 1.82) is 0 Å². The number of anilines is 1. The number of hydrogen-bond acceptors (Lipinski definition) is 4. The molecule has 0 spiro atoms. The maximum atomic E-state index is 4.29. The summed E-state index contributed by atoms with van der Waals surface area (Å²) in [5.74, 6) is 0.750. The van der Waals surface area contributed by atoms with Gasteiger partial charge in [0.25, 0.3) is 0 Å². The largest absolute Gasteiger partial charge is 0.363 e. The minimum Gasteiger partial charge on any atom is -0.363 e. The second-order valence-electron chi connectivity index (χ2n) is 4.36. The van der Waals surface area contributed by atoms with Crippen LogP contribution in [0.5, 0.6) is 0 Å². The number of hydrogen-bond donors (Lipinski definition) is 1. The summed E-state index contributed by atoms with van der Waals surface area (Å²) in [6.45, 7) is 2.88. The van der Waals surface area contributed by atoms with Crippen molar-refractivity contribution in [3.05, 3.63) is 54.1 Å². The van der Waals surface area contributed by atoms with Crippen LogP contribution in [0.3, 0.4) is 0 Å². The summed E-state index contributed by atoms with van der Waals surface area (Å²) in [6, 6.07) is 8.58. The average molecular weight is 253 g/mol. The fraction of sp³-hybridized carbons (Fsp3) is 0.214. The highest BCUT2D eigenvalue weighted by Gasteiger charge is 2.03. The molecule has 0 unspecified atom stereocenters. The molecule has 0 amide bonds. The van der Waals surface area contributed by atoms with Crippen molar-refractivity contribution in [2.75, 3.05) is 5.32 Å². The number of benzene rings is 1. The number of aryl methyl sites for hydroxylation is 1. The van der Waals surface area contributed by atoms with Gasteiger partial charge in [-0.25, -0.2) is 4.98 Å². The molecule has 3 rings (SSSR count). The minimum absolute atomic E-state index is 0.726. The van der Waals surface area contributed by atoms with E-state index in [0.29, 0.717) is 0 Å². The van der Waals surface area contributed by atoms with Crippen LogP contribution in [0.15, 0.2) is 43.0 Å². The molecule has 2 aromatic heterocycles. The molecule has 0 radical (unpaired) electrons. The van der Waals surface area contributed by atoms with Gasteiger partial charge in [0.05, 0.1) is 0 Å². The summed E-state index contributed by atoms with van der Waals surface area (Å²) in [6.07, 6.45) is 6.29. The van der Waals surface area contributed by atoms with Crippen LogP contribution < -0.4 is 5.32 Å². The molecule has 2 heterocycles. The summed E-state index contributed by atoms with van der Waals surface area (Å²) in [5.41, 5.74) is 3.31. The Hall–Kier alpha value is -2.43. The molecule has 5 heteroatoms. The highest BCUT2D eigenvalue weighted by Crippen LogP contribution is 2.12. The van der Waals surface area contributed by atoms with Crippen LogP contribution in [-0.2, 0) is 13.0 Å². The Kier molecular flexibility index (Phi) is 3.10. The zero-order valence-corrected chi connectivity index (χ0v) is 10.7. The first-order valence-electron chi connectivity index (χ1n) is 6.33. The highest BCUT2D eigenvalue weighted by atomic mass is 15.2. The number of rotatable bonds is 4. The van der Waals surface area contributed by atoms with E-state index in [0.717, 1.165) is 24.4 Å². The van der Waals surface area contributed by atoms with Gasteiger partial charge in [-0.15, -0.1) is 10.2 Å². The van der Waals surface area contributed by atoms with E-state index in [1.54, 1.807) is 12.5 Å². The average Bonchev–Trinajstić information content (AvgIpc) is 2.94. The maximum absolute atomic E-state index is 4.29. The van der Waals surface area contributed by atoms with Gasteiger partial charge in [-0.2, -0.15) is 0 Å². The highest BCUT2D eigenvalue weighted by molar-refractivity contribution is 5.61. The van der Waals surface area contributed by atoms with Crippen LogP contribution in [0.25, 0.3) is 5.65 Å². The third-order valence-electron chi connectivity index (χ3n) is 3.11. The number of nitrogens with one attached hydrogen (secondary N) is 1. The van der Waals surface area contributed by atoms with Gasteiger partial charge < -0.3 is 5.32 Å². The van der Waals surface area contributed by atoms with E-state index in [1.165, 1.54) is 11.1 Å². The smallest absolute Gasteiger partial charge is 0.203 e. The van der Waals surface area contributed by atoms with Crippen LogP contribution in [0.4, 0.5) is 5.82 Å². The summed E-state index contributed by atoms with van der Waals surface area (Å²) in [5, 5.41) is 11.2. The van der Waals surface area contributed by atoms with Crippen LogP contribution in [-0.4, -0.2) is 19.6 Å². The van der Waals surface area contributed by atoms with E-state index < -0.39 is 0 Å². The maximum Gasteiger partial charge on any atom is 0.203 e. The molecule has 0 aliphatic rings. The lowest BCUT2D eigenvalue weighted by atomic mass is 10.1. The van der Waals surface area contributed by atoms with E-state index in [4.69, 9.17) is 0 Å². The Balaban J connectivity index is 1.76. The van der Waals surface area contributed by atoms with Crippen LogP contribution in [0.1, 0.15) is 18.1 Å². The van der Waals surface area contributed by atoms with Gasteiger partial charge in [0, 0.05) is 18.9 Å². The van der Waals surface area contributed by atoms with Crippen LogP contribution in [0.2, 0.25) is 0 Å². The number of aromatic nitrogens is 4. The summed E-state index contributed by atoms with van der Waals surface area (Å²) >= 11 is 0. The van der Waals surface area contributed by atoms with Gasteiger partial charge >= 0.3 is 0 Å². The minimum atomic E-state index is 0.726. The van der Waals surface area contributed by atoms with E-state index in [9.17, 15) is 0 Å². The normalized spacial score (nSPS) is 10.8. The van der Waals surface area contributed by atoms with E-state index >= 15 is 0 Å². The van der Waals surface area contributed by atoms with Gasteiger partial charge in [0.15, 0.2) is 5.82 Å². The van der Waals surface area contributed by atoms with E-state index in [2.05, 4.69) is 51.7 Å². The van der Waals surface area contributed by atoms with Crippen molar-refractivity contribution in [3.8, 4) is 0 Å². The van der Waals surface area contributed by atoms with Crippen molar-refractivity contribution in [1.82, 2.24) is 19.6 Å². The van der Waals surface area contributed by atoms with Gasteiger partial charge in [-0.1, -0.05) is 31.2 Å². The van der Waals surface area contributed by atoms with Crippen molar-refractivity contribution in [3.63, 3.8) is 0 Å². The molecule has 0 aliphatic carbocycles. The van der Waals surface area contributed by atoms with Crippen molar-refractivity contribution >= 4 is 11.5 Å². The molecule has 0 aliphatic heterocycles. The fourth-order valence-electron chi connectivity index (χ4n) is 1.96. The first-order valence-corrected chi connectivity index (χ1v) is 6.33. The summed E-state index contributed by atoms with van der Waals surface area (Å²) in [7, 11) is 0. The molecule has 1 N–H and O–H groups in total. The van der Waals surface area contributed by atoms with Crippen molar-refractivity contribution in [2.45, 2.75) is 19.9 Å². The second kappa shape index (κ2) is 5.06. The third kappa shape index (κ3) is 2.40. The quantitative estimate of drug-likeness (QED) is 0.775. The molecule has 0 atom stereocenters. The van der Waals surface area contributed by atoms with Gasteiger partial charge in [0.1, 0.15) is 6.33 Å². The number of fused-ring (bicyclic) bond motifs is 1. The predicted octanol–water partition coefficient (Wildman–Crippen LogP) is 2.30. The molecule has 0 saturated heterocycles. The van der Waals surface area contributed by atoms with E-state index in [-0.39, 0.29) is 0 Å². The van der Waals surface area contributed by atoms with Crippen LogP contribution >= 0.6 is 0 Å². The number of nitrogens with zero attached hydrogens (tertiary/aromatic N) is 4. The molecule has 0 fully saturated rings. The lowest BCUT2D eigenvalue weighted by molar-refractivity contribution is 1.06. The van der Waals surface area contributed by atoms with Gasteiger partial charge in [0.2, 0.25) is 5.65 Å². The predicted molar refractivity (Wildman–Crippen MR) is 73.9 cm³/mol. The SMILES string of the molecule is CCc1ccc(CNc2nccn3cnnc23)cc1. The zero-order valence-electron chi connectivity index (χ0n) is 10.7. The Morgan fingerprint density at radius 3 is 2.74 bits per heavy atom. The van der Waals surface area contributed by atoms with Crippen molar-refractivity contribution < 1.29 is 0 Å². The molecule has 5 nitrogen and oxygen atoms in total. The Labute approximate surface area is 111 Å². The molecule has 0 bridgehead atoms. The Morgan fingerprint density at radius 2 is 1.95 bits per heavy atom. The molecular formula is C14H15N5. The standard InChI is InChI=1S/C14H15N5/c1-2-11-3-5-12(6-4-11)9-16-13-14-18-17-10-19(14)8-7-15-13/h3-8,10H,2,9H2,1H3,(H,15,16). The molecule has 96 valence electrons. The van der Waals surface area contributed by atoms with Gasteiger partial charge in [-0.3, -0.25) is 4.40 Å². The molecular weight excluding hydrogens is 238 g/mol. The summed E-state index contributed by atoms with van der Waals surface area (Å²) < 4.78 is 1.84. The topological polar surface area (TPSA) is 55.1 Å². The molecule has 0 saturated carbocycles. The van der Waals surface area contributed by atoms with Crippen LogP contribution in [0, 0.1) is 0 Å². The fourth-order valence-corrected chi connectivity index (χ4v) is 1.96. The van der Waals surface area contributed by atoms with Gasteiger partial charge in [-0.05, 0) is 17.5 Å².